The Morgan fingerprint density at radius 3 is 2.63 bits per heavy atom. The number of carboxylic acid groups (broad SMARTS) is 1. The van der Waals surface area contributed by atoms with E-state index in [1.54, 1.807) is 6.07 Å². The summed E-state index contributed by atoms with van der Waals surface area (Å²) in [5.41, 5.74) is 5.68. The quantitative estimate of drug-likeness (QED) is 0.612. The topological polar surface area (TPSA) is 122 Å². The molecule has 1 aromatic heterocycles. The van der Waals surface area contributed by atoms with Gasteiger partial charge in [0, 0.05) is 25.2 Å². The number of rotatable bonds is 6. The summed E-state index contributed by atoms with van der Waals surface area (Å²) in [5, 5.41) is 10.9. The number of nitrogens with one attached hydrogen (secondary N) is 1. The Bertz CT molecular complexity index is 508. The Kier molecular flexibility index (Phi) is 5.21. The predicted octanol–water partition coefficient (Wildman–Crippen LogP) is -0.215. The molecule has 0 saturated heterocycles. The van der Waals surface area contributed by atoms with Crippen LogP contribution in [0.1, 0.15) is 22.5 Å². The number of pyridine rings is 1. The van der Waals surface area contributed by atoms with Gasteiger partial charge in [-0.25, -0.2) is 4.79 Å². The standard InChI is InChI=1S/C12H13N3O4/c13-10(16)5-6-14-12(19)9-3-1-8(7-15-9)2-4-11(17)18/h1-4,7H,5-6H2,(H2,13,16)(H,14,19)(H,17,18). The van der Waals surface area contributed by atoms with Crippen molar-refractivity contribution in [1.29, 1.82) is 0 Å². The minimum Gasteiger partial charge on any atom is -0.478 e. The maximum atomic E-state index is 11.6. The number of hydrogen-bond donors (Lipinski definition) is 3. The smallest absolute Gasteiger partial charge is 0.328 e. The lowest BCUT2D eigenvalue weighted by atomic mass is 10.2. The number of nitrogens with zero attached hydrogens (tertiary/aromatic N) is 1. The highest BCUT2D eigenvalue weighted by Gasteiger charge is 2.06. The third kappa shape index (κ3) is 5.44. The zero-order chi connectivity index (χ0) is 14.3. The summed E-state index contributed by atoms with van der Waals surface area (Å²) >= 11 is 0. The normalized spacial score (nSPS) is 10.3. The molecule has 0 saturated carbocycles. The molecule has 7 heteroatoms. The number of nitrogens with two attached hydrogens (primary N) is 1. The van der Waals surface area contributed by atoms with Crippen LogP contribution in [-0.4, -0.2) is 34.4 Å². The first-order valence-corrected chi connectivity index (χ1v) is 5.42. The number of amides is 2. The van der Waals surface area contributed by atoms with Crippen LogP contribution in [0.4, 0.5) is 0 Å². The average Bonchev–Trinajstić information content (AvgIpc) is 2.36. The molecule has 0 aromatic carbocycles. The van der Waals surface area contributed by atoms with E-state index in [4.69, 9.17) is 10.8 Å². The average molecular weight is 263 g/mol. The number of aliphatic carboxylic acids is 1. The van der Waals surface area contributed by atoms with Crippen LogP contribution in [0.3, 0.4) is 0 Å². The van der Waals surface area contributed by atoms with E-state index in [1.807, 2.05) is 0 Å². The van der Waals surface area contributed by atoms with E-state index in [9.17, 15) is 14.4 Å². The number of carbonyl (C=O) groups is 3. The second-order valence-corrected chi connectivity index (χ2v) is 3.62. The van der Waals surface area contributed by atoms with Crippen LogP contribution in [-0.2, 0) is 9.59 Å². The summed E-state index contributed by atoms with van der Waals surface area (Å²) in [4.78, 5) is 36.2. The third-order valence-corrected chi connectivity index (χ3v) is 2.09. The summed E-state index contributed by atoms with van der Waals surface area (Å²) < 4.78 is 0. The monoisotopic (exact) mass is 263 g/mol. The number of hydrogen-bond acceptors (Lipinski definition) is 4. The first kappa shape index (κ1) is 14.4. The van der Waals surface area contributed by atoms with Gasteiger partial charge in [-0.3, -0.25) is 14.6 Å². The van der Waals surface area contributed by atoms with Gasteiger partial charge in [-0.1, -0.05) is 6.07 Å². The summed E-state index contributed by atoms with van der Waals surface area (Å²) in [6, 6.07) is 3.02. The lowest BCUT2D eigenvalue weighted by Gasteiger charge is -2.03. The van der Waals surface area contributed by atoms with Gasteiger partial charge in [-0.2, -0.15) is 0 Å². The van der Waals surface area contributed by atoms with Crippen molar-refractivity contribution in [3.63, 3.8) is 0 Å². The van der Waals surface area contributed by atoms with Gasteiger partial charge >= 0.3 is 5.97 Å². The Morgan fingerprint density at radius 1 is 1.37 bits per heavy atom. The highest BCUT2D eigenvalue weighted by Crippen LogP contribution is 2.02. The molecule has 0 unspecified atom stereocenters. The van der Waals surface area contributed by atoms with Gasteiger partial charge in [0.05, 0.1) is 0 Å². The molecule has 0 aliphatic rings. The van der Waals surface area contributed by atoms with Gasteiger partial charge in [0.25, 0.3) is 5.91 Å². The molecule has 7 nitrogen and oxygen atoms in total. The van der Waals surface area contributed by atoms with Crippen molar-refractivity contribution in [1.82, 2.24) is 10.3 Å². The number of aromatic nitrogens is 1. The Labute approximate surface area is 109 Å². The van der Waals surface area contributed by atoms with Crippen LogP contribution in [0.5, 0.6) is 0 Å². The number of primary amides is 1. The third-order valence-electron chi connectivity index (χ3n) is 2.09. The molecule has 0 spiro atoms. The Morgan fingerprint density at radius 2 is 2.11 bits per heavy atom. The van der Waals surface area contributed by atoms with Crippen molar-refractivity contribution in [3.8, 4) is 0 Å². The molecule has 1 aromatic rings. The summed E-state index contributed by atoms with van der Waals surface area (Å²) in [7, 11) is 0. The molecule has 0 atom stereocenters. The molecule has 0 aliphatic heterocycles. The zero-order valence-corrected chi connectivity index (χ0v) is 10.00. The fourth-order valence-corrected chi connectivity index (χ4v) is 1.20. The molecule has 0 fully saturated rings. The Hall–Kier alpha value is -2.70. The highest BCUT2D eigenvalue weighted by atomic mass is 16.4. The van der Waals surface area contributed by atoms with Crippen molar-refractivity contribution in [2.75, 3.05) is 6.54 Å². The second kappa shape index (κ2) is 6.90. The fraction of sp³-hybridized carbons (Fsp3) is 0.167. The van der Waals surface area contributed by atoms with Crippen molar-refractivity contribution in [2.45, 2.75) is 6.42 Å². The molecule has 1 heterocycles. The summed E-state index contributed by atoms with van der Waals surface area (Å²) in [6.45, 7) is 0.149. The van der Waals surface area contributed by atoms with Gasteiger partial charge in [0.1, 0.15) is 5.69 Å². The molecule has 0 bridgehead atoms. The van der Waals surface area contributed by atoms with Crippen LogP contribution >= 0.6 is 0 Å². The van der Waals surface area contributed by atoms with E-state index < -0.39 is 17.8 Å². The van der Waals surface area contributed by atoms with Crippen molar-refractivity contribution in [3.05, 3.63) is 35.7 Å². The minimum absolute atomic E-state index is 0.0607. The first-order chi connectivity index (χ1) is 8.99. The van der Waals surface area contributed by atoms with E-state index >= 15 is 0 Å². The molecule has 100 valence electrons. The predicted molar refractivity (Wildman–Crippen MR) is 67.1 cm³/mol. The largest absolute Gasteiger partial charge is 0.478 e. The van der Waals surface area contributed by atoms with E-state index in [1.165, 1.54) is 18.3 Å². The molecule has 0 aliphatic carbocycles. The van der Waals surface area contributed by atoms with Crippen molar-refractivity contribution < 1.29 is 19.5 Å². The van der Waals surface area contributed by atoms with Crippen LogP contribution in [0, 0.1) is 0 Å². The van der Waals surface area contributed by atoms with Gasteiger partial charge in [0.2, 0.25) is 5.91 Å². The zero-order valence-electron chi connectivity index (χ0n) is 10.00. The summed E-state index contributed by atoms with van der Waals surface area (Å²) in [5.74, 6) is -1.98. The summed E-state index contributed by atoms with van der Waals surface area (Å²) in [6.07, 6.45) is 3.78. The van der Waals surface area contributed by atoms with Crippen LogP contribution < -0.4 is 11.1 Å². The van der Waals surface area contributed by atoms with Gasteiger partial charge < -0.3 is 16.2 Å². The molecular weight excluding hydrogens is 250 g/mol. The van der Waals surface area contributed by atoms with Crippen LogP contribution in [0.15, 0.2) is 24.4 Å². The maximum absolute atomic E-state index is 11.6. The van der Waals surface area contributed by atoms with Crippen molar-refractivity contribution >= 4 is 23.9 Å². The SMILES string of the molecule is NC(=O)CCNC(=O)c1ccc(C=CC(=O)O)cn1. The highest BCUT2D eigenvalue weighted by molar-refractivity contribution is 5.92. The molecule has 0 radical (unpaired) electrons. The van der Waals surface area contributed by atoms with Crippen molar-refractivity contribution in [2.24, 2.45) is 5.73 Å². The molecule has 4 N–H and O–H groups in total. The van der Waals surface area contributed by atoms with E-state index in [2.05, 4.69) is 10.3 Å². The number of carboxylic acids is 1. The second-order valence-electron chi connectivity index (χ2n) is 3.62. The molecule has 1 rings (SSSR count). The first-order valence-electron chi connectivity index (χ1n) is 5.42. The van der Waals surface area contributed by atoms with Gasteiger partial charge in [-0.15, -0.1) is 0 Å². The van der Waals surface area contributed by atoms with Crippen LogP contribution in [0.2, 0.25) is 0 Å². The van der Waals surface area contributed by atoms with E-state index in [0.29, 0.717) is 5.56 Å². The van der Waals surface area contributed by atoms with Gasteiger partial charge in [-0.05, 0) is 17.7 Å². The number of carbonyl (C=O) groups excluding carboxylic acids is 2. The minimum atomic E-state index is -1.06. The molecular formula is C12H13N3O4. The molecule has 2 amide bonds. The maximum Gasteiger partial charge on any atom is 0.328 e. The Balaban J connectivity index is 2.58. The molecule has 19 heavy (non-hydrogen) atoms. The fourth-order valence-electron chi connectivity index (χ4n) is 1.20. The lowest BCUT2D eigenvalue weighted by molar-refractivity contribution is -0.131. The van der Waals surface area contributed by atoms with Gasteiger partial charge in [0.15, 0.2) is 0 Å². The lowest BCUT2D eigenvalue weighted by Crippen LogP contribution is -2.28. The van der Waals surface area contributed by atoms with E-state index in [-0.39, 0.29) is 18.7 Å². The van der Waals surface area contributed by atoms with Crippen LogP contribution in [0.25, 0.3) is 6.08 Å². The van der Waals surface area contributed by atoms with E-state index in [0.717, 1.165) is 6.08 Å².